The van der Waals surface area contributed by atoms with Crippen molar-refractivity contribution in [3.63, 3.8) is 0 Å². The second-order valence-corrected chi connectivity index (χ2v) is 8.50. The average molecular weight is 483 g/mol. The van der Waals surface area contributed by atoms with Crippen LogP contribution in [0.15, 0.2) is 92.5 Å². The Balaban J connectivity index is 1.64. The number of nitriles is 1. The fourth-order valence-corrected chi connectivity index (χ4v) is 4.07. The second-order valence-electron chi connectivity index (χ2n) is 7.38. The van der Waals surface area contributed by atoms with Crippen molar-refractivity contribution >= 4 is 29.6 Å². The maximum absolute atomic E-state index is 12.4. The monoisotopic (exact) mass is 482 g/mol. The maximum Gasteiger partial charge on any atom is 0.270 e. The molecule has 10 heteroatoms. The number of hydrogen-bond acceptors (Lipinski definition) is 8. The fourth-order valence-electron chi connectivity index (χ4n) is 3.17. The molecule has 0 unspecified atom stereocenters. The number of aromatic amines is 1. The highest BCUT2D eigenvalue weighted by atomic mass is 32.2. The van der Waals surface area contributed by atoms with Crippen LogP contribution >= 0.6 is 11.8 Å². The summed E-state index contributed by atoms with van der Waals surface area (Å²) < 4.78 is 0. The third kappa shape index (κ3) is 5.61. The molecule has 0 spiro atoms. The fraction of sp³-hybridized carbons (Fsp3) is 0.0400. The van der Waals surface area contributed by atoms with E-state index in [1.54, 1.807) is 30.3 Å². The van der Waals surface area contributed by atoms with Crippen LogP contribution in [0.5, 0.6) is 0 Å². The Hall–Kier alpha value is -4.75. The molecule has 0 atom stereocenters. The third-order valence-electron chi connectivity index (χ3n) is 4.91. The Morgan fingerprint density at radius 1 is 1.14 bits per heavy atom. The van der Waals surface area contributed by atoms with Gasteiger partial charge in [-0.15, -0.1) is 0 Å². The Labute approximate surface area is 204 Å². The van der Waals surface area contributed by atoms with Gasteiger partial charge in [-0.2, -0.15) is 10.4 Å². The van der Waals surface area contributed by atoms with Crippen LogP contribution in [0.25, 0.3) is 11.3 Å². The second kappa shape index (κ2) is 10.5. The normalized spacial score (nSPS) is 10.7. The lowest BCUT2D eigenvalue weighted by molar-refractivity contribution is -0.384. The van der Waals surface area contributed by atoms with E-state index in [1.807, 2.05) is 43.3 Å². The number of nitrogens with one attached hydrogen (secondary N) is 2. The standard InChI is InChI=1S/C25H18N6O3S/c1-16-7-10-20(11-8-16)35-22-12-9-19(31(33)34)13-18(22)15-27-30-25-28-23(17-5-3-2-4-6-17)21(14-26)24(32)29-25/h2-13,15H,1H3,(H2,28,29,30,32). The van der Waals surface area contributed by atoms with E-state index in [4.69, 9.17) is 0 Å². The summed E-state index contributed by atoms with van der Waals surface area (Å²) in [5.41, 5.74) is 4.34. The van der Waals surface area contributed by atoms with Gasteiger partial charge in [-0.1, -0.05) is 59.8 Å². The molecular weight excluding hydrogens is 464 g/mol. The van der Waals surface area contributed by atoms with Gasteiger partial charge in [0.05, 0.1) is 16.8 Å². The number of hydrazone groups is 1. The van der Waals surface area contributed by atoms with Crippen molar-refractivity contribution in [1.29, 1.82) is 5.26 Å². The van der Waals surface area contributed by atoms with Crippen molar-refractivity contribution in [2.75, 3.05) is 5.43 Å². The highest BCUT2D eigenvalue weighted by Crippen LogP contribution is 2.32. The average Bonchev–Trinajstić information content (AvgIpc) is 2.86. The number of aromatic nitrogens is 2. The van der Waals surface area contributed by atoms with E-state index < -0.39 is 10.5 Å². The molecule has 1 aromatic heterocycles. The predicted octanol–water partition coefficient (Wildman–Crippen LogP) is 5.12. The van der Waals surface area contributed by atoms with E-state index in [0.29, 0.717) is 11.1 Å². The van der Waals surface area contributed by atoms with Crippen LogP contribution in [0, 0.1) is 28.4 Å². The number of anilines is 1. The Bertz CT molecular complexity index is 1510. The molecule has 0 saturated carbocycles. The van der Waals surface area contributed by atoms with Crippen LogP contribution in [0.4, 0.5) is 11.6 Å². The lowest BCUT2D eigenvalue weighted by Gasteiger charge is -2.07. The number of hydrogen-bond donors (Lipinski definition) is 2. The van der Waals surface area contributed by atoms with Crippen molar-refractivity contribution in [3.05, 3.63) is 110 Å². The lowest BCUT2D eigenvalue weighted by Crippen LogP contribution is -2.16. The van der Waals surface area contributed by atoms with Gasteiger partial charge in [-0.3, -0.25) is 19.9 Å². The van der Waals surface area contributed by atoms with Crippen LogP contribution in [0.2, 0.25) is 0 Å². The van der Waals surface area contributed by atoms with Gasteiger partial charge in [0.25, 0.3) is 11.2 Å². The molecule has 4 rings (SSSR count). The minimum atomic E-state index is -0.606. The summed E-state index contributed by atoms with van der Waals surface area (Å²) in [6, 6.07) is 23.2. The van der Waals surface area contributed by atoms with Gasteiger partial charge >= 0.3 is 0 Å². The number of nitrogens with zero attached hydrogens (tertiary/aromatic N) is 4. The maximum atomic E-state index is 12.4. The number of non-ortho nitro benzene ring substituents is 1. The molecule has 0 saturated heterocycles. The SMILES string of the molecule is Cc1ccc(Sc2ccc([N+](=O)[O-])cc2C=NNc2nc(-c3ccccc3)c(C#N)c(=O)[nH]2)cc1. The van der Waals surface area contributed by atoms with E-state index >= 15 is 0 Å². The van der Waals surface area contributed by atoms with Crippen LogP contribution < -0.4 is 11.0 Å². The summed E-state index contributed by atoms with van der Waals surface area (Å²) in [6.45, 7) is 1.99. The minimum absolute atomic E-state index is 0.0299. The first kappa shape index (κ1) is 23.4. The minimum Gasteiger partial charge on any atom is -0.290 e. The van der Waals surface area contributed by atoms with Crippen LogP contribution in [-0.2, 0) is 0 Å². The summed E-state index contributed by atoms with van der Waals surface area (Å²) in [4.78, 5) is 31.8. The van der Waals surface area contributed by atoms with E-state index in [9.17, 15) is 20.2 Å². The van der Waals surface area contributed by atoms with Gasteiger partial charge in [-0.25, -0.2) is 10.4 Å². The smallest absolute Gasteiger partial charge is 0.270 e. The number of H-pyrrole nitrogens is 1. The lowest BCUT2D eigenvalue weighted by atomic mass is 10.1. The quantitative estimate of drug-likeness (QED) is 0.212. The molecule has 4 aromatic rings. The van der Waals surface area contributed by atoms with Crippen molar-refractivity contribution in [2.24, 2.45) is 5.10 Å². The van der Waals surface area contributed by atoms with E-state index in [-0.39, 0.29) is 22.9 Å². The number of benzene rings is 3. The summed E-state index contributed by atoms with van der Waals surface area (Å²) >= 11 is 1.45. The molecule has 0 bridgehead atoms. The first-order valence-corrected chi connectivity index (χ1v) is 11.2. The largest absolute Gasteiger partial charge is 0.290 e. The van der Waals surface area contributed by atoms with Gasteiger partial charge in [0.2, 0.25) is 5.95 Å². The number of aryl methyl sites for hydroxylation is 1. The zero-order valence-electron chi connectivity index (χ0n) is 18.4. The first-order valence-electron chi connectivity index (χ1n) is 10.4. The van der Waals surface area contributed by atoms with Crippen molar-refractivity contribution in [2.45, 2.75) is 16.7 Å². The highest BCUT2D eigenvalue weighted by molar-refractivity contribution is 7.99. The zero-order valence-corrected chi connectivity index (χ0v) is 19.2. The molecule has 172 valence electrons. The molecule has 0 aliphatic heterocycles. The highest BCUT2D eigenvalue weighted by Gasteiger charge is 2.14. The predicted molar refractivity (Wildman–Crippen MR) is 135 cm³/mol. The van der Waals surface area contributed by atoms with Crippen LogP contribution in [0.1, 0.15) is 16.7 Å². The van der Waals surface area contributed by atoms with Crippen LogP contribution in [0.3, 0.4) is 0 Å². The van der Waals surface area contributed by atoms with Gasteiger partial charge < -0.3 is 0 Å². The van der Waals surface area contributed by atoms with Crippen molar-refractivity contribution in [1.82, 2.24) is 9.97 Å². The molecular formula is C25H18N6O3S. The van der Waals surface area contributed by atoms with E-state index in [1.165, 1.54) is 30.1 Å². The molecule has 1 heterocycles. The first-order chi connectivity index (χ1) is 16.9. The molecule has 3 aromatic carbocycles. The summed E-state index contributed by atoms with van der Waals surface area (Å²) in [5.74, 6) is 0.0299. The van der Waals surface area contributed by atoms with Gasteiger partial charge in [0.1, 0.15) is 11.6 Å². The van der Waals surface area contributed by atoms with Crippen molar-refractivity contribution in [3.8, 4) is 17.3 Å². The molecule has 0 radical (unpaired) electrons. The van der Waals surface area contributed by atoms with Gasteiger partial charge in [-0.05, 0) is 25.1 Å². The molecule has 0 fully saturated rings. The molecule has 9 nitrogen and oxygen atoms in total. The number of rotatable bonds is 7. The summed E-state index contributed by atoms with van der Waals surface area (Å²) in [6.07, 6.45) is 1.42. The van der Waals surface area contributed by atoms with E-state index in [0.717, 1.165) is 15.4 Å². The summed E-state index contributed by atoms with van der Waals surface area (Å²) in [7, 11) is 0. The topological polar surface area (TPSA) is 137 Å². The zero-order chi connectivity index (χ0) is 24.8. The molecule has 0 aliphatic rings. The Morgan fingerprint density at radius 2 is 1.89 bits per heavy atom. The summed E-state index contributed by atoms with van der Waals surface area (Å²) in [5, 5.41) is 24.8. The van der Waals surface area contributed by atoms with E-state index in [2.05, 4.69) is 20.5 Å². The molecule has 0 amide bonds. The van der Waals surface area contributed by atoms with Crippen LogP contribution in [-0.4, -0.2) is 21.1 Å². The Kier molecular flexibility index (Phi) is 6.99. The van der Waals surface area contributed by atoms with Crippen molar-refractivity contribution < 1.29 is 4.92 Å². The van der Waals surface area contributed by atoms with Gasteiger partial charge in [0, 0.05) is 33.1 Å². The third-order valence-corrected chi connectivity index (χ3v) is 6.01. The molecule has 0 aliphatic carbocycles. The number of nitro benzene ring substituents is 1. The Morgan fingerprint density at radius 3 is 2.57 bits per heavy atom. The molecule has 2 N–H and O–H groups in total. The number of nitro groups is 1. The van der Waals surface area contributed by atoms with Gasteiger partial charge in [0.15, 0.2) is 0 Å². The molecule has 35 heavy (non-hydrogen) atoms.